The topological polar surface area (TPSA) is 152 Å². The number of aliphatic hydroxyl groups is 1. The molecule has 0 aromatic rings. The lowest BCUT2D eigenvalue weighted by Gasteiger charge is -2.42. The first kappa shape index (κ1) is 55.7. The van der Waals surface area contributed by atoms with Crippen molar-refractivity contribution in [2.75, 3.05) is 27.4 Å². The lowest BCUT2D eigenvalue weighted by atomic mass is 9.68. The van der Waals surface area contributed by atoms with Crippen molar-refractivity contribution in [3.05, 3.63) is 23.3 Å². The van der Waals surface area contributed by atoms with E-state index >= 15 is 0 Å². The maximum Gasteiger partial charge on any atom is 0.306 e. The minimum absolute atomic E-state index is 0.0857. The Kier molecular flexibility index (Phi) is 23.0. The van der Waals surface area contributed by atoms with Crippen molar-refractivity contribution < 1.29 is 53.0 Å². The number of unbranched alkanes of at least 4 members (excludes halogenated alkanes) is 14. The second-order valence-electron chi connectivity index (χ2n) is 21.2. The van der Waals surface area contributed by atoms with E-state index < -0.39 is 12.1 Å². The molecule has 0 radical (unpaired) electrons. The van der Waals surface area contributed by atoms with Gasteiger partial charge in [-0.05, 0) is 92.9 Å². The van der Waals surface area contributed by atoms with Crippen molar-refractivity contribution >= 4 is 11.9 Å². The van der Waals surface area contributed by atoms with Gasteiger partial charge < -0.3 is 43.4 Å². The van der Waals surface area contributed by atoms with Crippen LogP contribution in [0, 0.1) is 11.8 Å². The summed E-state index contributed by atoms with van der Waals surface area (Å²) in [7, 11) is 3.41. The molecule has 2 saturated carbocycles. The van der Waals surface area contributed by atoms with Crippen LogP contribution in [-0.4, -0.2) is 109 Å². The molecule has 4 saturated heterocycles. The number of carboxylic acid groups (broad SMARTS) is 1. The SMILES string of the molecule is CCCCCCCCCCC(=O)O.CCCCCCCCCCC(=O)O[C@@H]1CC[C@]2(CO2)[C@@H]([C@@]2(C)O[C@@H]2CC=C(C)C)[C@@H]1OC.CO[C@@H]1[C@H](O)CC[C@]2(CO2)[C@H]1[C@@]1(C)O[C@@H]1CC=C(C)C. The Bertz CT molecular complexity index is 1480. The van der Waals surface area contributed by atoms with Gasteiger partial charge in [0.25, 0.3) is 0 Å². The number of allylic oxidation sites excluding steroid dienone is 2. The molecular weight excluding hydrogens is 825 g/mol. The van der Waals surface area contributed by atoms with Gasteiger partial charge in [-0.1, -0.05) is 127 Å². The van der Waals surface area contributed by atoms with Gasteiger partial charge >= 0.3 is 11.9 Å². The predicted molar refractivity (Wildman–Crippen MR) is 257 cm³/mol. The number of carboxylic acids is 1. The number of carbonyl (C=O) groups is 2. The van der Waals surface area contributed by atoms with E-state index in [1.165, 1.54) is 88.2 Å². The number of hydrogen-bond donors (Lipinski definition) is 2. The van der Waals surface area contributed by atoms with Gasteiger partial charge in [-0.2, -0.15) is 0 Å². The smallest absolute Gasteiger partial charge is 0.306 e. The molecule has 4 aliphatic heterocycles. The number of aliphatic carboxylic acids is 1. The van der Waals surface area contributed by atoms with E-state index in [1.807, 2.05) is 0 Å². The normalized spacial score (nSPS) is 34.9. The Hall–Kier alpha value is -1.86. The molecule has 0 bridgehead atoms. The van der Waals surface area contributed by atoms with Crippen molar-refractivity contribution in [2.24, 2.45) is 11.8 Å². The van der Waals surface area contributed by atoms with Crippen molar-refractivity contribution in [2.45, 2.75) is 269 Å². The maximum absolute atomic E-state index is 12.6. The van der Waals surface area contributed by atoms with Gasteiger partial charge in [-0.3, -0.25) is 9.59 Å². The van der Waals surface area contributed by atoms with E-state index in [0.717, 1.165) is 77.4 Å². The van der Waals surface area contributed by atoms with Crippen molar-refractivity contribution in [3.63, 3.8) is 0 Å². The molecule has 376 valence electrons. The Balaban J connectivity index is 0.000000238. The highest BCUT2D eigenvalue weighted by Crippen LogP contribution is 2.61. The highest BCUT2D eigenvalue weighted by molar-refractivity contribution is 5.69. The number of methoxy groups -OCH3 is 2. The van der Waals surface area contributed by atoms with E-state index in [-0.39, 0.29) is 70.7 Å². The van der Waals surface area contributed by atoms with Crippen molar-refractivity contribution in [1.82, 2.24) is 0 Å². The van der Waals surface area contributed by atoms with E-state index in [1.54, 1.807) is 14.2 Å². The van der Waals surface area contributed by atoms with Gasteiger partial charge in [-0.25, -0.2) is 0 Å². The van der Waals surface area contributed by atoms with Crippen LogP contribution in [0.3, 0.4) is 0 Å². The molecule has 6 rings (SSSR count). The molecule has 65 heavy (non-hydrogen) atoms. The lowest BCUT2D eigenvalue weighted by molar-refractivity contribution is -0.172. The number of hydrogen-bond acceptors (Lipinski definition) is 10. The highest BCUT2D eigenvalue weighted by atomic mass is 16.6. The molecule has 11 nitrogen and oxygen atoms in total. The number of aliphatic hydroxyl groups excluding tert-OH is 1. The molecule has 2 spiro atoms. The number of ether oxygens (including phenoxy) is 7. The zero-order valence-corrected chi connectivity index (χ0v) is 42.7. The summed E-state index contributed by atoms with van der Waals surface area (Å²) in [6.07, 6.45) is 29.4. The van der Waals surface area contributed by atoms with Crippen LogP contribution in [0.15, 0.2) is 23.3 Å². The number of esters is 1. The summed E-state index contributed by atoms with van der Waals surface area (Å²) >= 11 is 0. The van der Waals surface area contributed by atoms with Crippen LogP contribution in [0.2, 0.25) is 0 Å². The fourth-order valence-electron chi connectivity index (χ4n) is 11.1. The van der Waals surface area contributed by atoms with Crippen molar-refractivity contribution in [3.8, 4) is 0 Å². The summed E-state index contributed by atoms with van der Waals surface area (Å²) in [6, 6.07) is 0. The van der Waals surface area contributed by atoms with Gasteiger partial charge in [0.2, 0.25) is 0 Å². The minimum atomic E-state index is -0.661. The Morgan fingerprint density at radius 2 is 1.02 bits per heavy atom. The zero-order chi connectivity index (χ0) is 47.7. The fourth-order valence-corrected chi connectivity index (χ4v) is 11.1. The van der Waals surface area contributed by atoms with Crippen LogP contribution in [0.1, 0.15) is 209 Å². The average molecular weight is 919 g/mol. The summed E-state index contributed by atoms with van der Waals surface area (Å²) < 4.78 is 41.6. The van der Waals surface area contributed by atoms with Crippen LogP contribution < -0.4 is 0 Å². The van der Waals surface area contributed by atoms with E-state index in [0.29, 0.717) is 12.8 Å². The first-order valence-corrected chi connectivity index (χ1v) is 26.1. The van der Waals surface area contributed by atoms with Crippen LogP contribution in [0.25, 0.3) is 0 Å². The van der Waals surface area contributed by atoms with Gasteiger partial charge in [0, 0.05) is 27.1 Å². The second-order valence-corrected chi connectivity index (χ2v) is 21.2. The Morgan fingerprint density at radius 1 is 0.615 bits per heavy atom. The Morgan fingerprint density at radius 3 is 1.42 bits per heavy atom. The molecule has 2 N–H and O–H groups in total. The zero-order valence-electron chi connectivity index (χ0n) is 42.7. The highest BCUT2D eigenvalue weighted by Gasteiger charge is 2.73. The summed E-state index contributed by atoms with van der Waals surface area (Å²) in [5.41, 5.74) is 1.81. The molecule has 4 heterocycles. The average Bonchev–Trinajstić information content (AvgIpc) is 4.15. The third kappa shape index (κ3) is 16.7. The second kappa shape index (κ2) is 26.8. The summed E-state index contributed by atoms with van der Waals surface area (Å²) in [5, 5.41) is 18.6. The first-order chi connectivity index (χ1) is 31.1. The van der Waals surface area contributed by atoms with Crippen LogP contribution in [0.5, 0.6) is 0 Å². The molecule has 6 fully saturated rings. The number of rotatable bonds is 27. The van der Waals surface area contributed by atoms with Gasteiger partial charge in [0.1, 0.15) is 29.0 Å². The van der Waals surface area contributed by atoms with Crippen LogP contribution >= 0.6 is 0 Å². The molecule has 0 unspecified atom stereocenters. The van der Waals surface area contributed by atoms with Gasteiger partial charge in [0.05, 0.1) is 55.1 Å². The standard InChI is InChI=1S/C27H46O5.C16H26O4.C11H22O2/c1-6-7-8-9-10-11-12-13-14-23(28)31-21-17-18-27(19-30-27)25(24(21)29-5)26(4)22(32-26)16-15-20(2)3;1-10(2)5-6-12-15(3,20-12)14-13(18-4)11(17)7-8-16(14)9-19-16;1-2-3-4-5-6-7-8-9-10-11(12)13/h15,21-22,24-25H,6-14,16-19H2,1-5H3;5,11-14,17H,6-9H2,1-4H3;2-10H2,1H3,(H,12,13)/t21-,22-,24-,25-,26+,27+;11-,12-,13-,14-,15+,16+;/m11./s1. The molecule has 2 aliphatic carbocycles. The predicted octanol–water partition coefficient (Wildman–Crippen LogP) is 11.8. The van der Waals surface area contributed by atoms with E-state index in [9.17, 15) is 14.7 Å². The maximum atomic E-state index is 12.6. The first-order valence-electron chi connectivity index (χ1n) is 26.1. The largest absolute Gasteiger partial charge is 0.481 e. The lowest BCUT2D eigenvalue weighted by Crippen LogP contribution is -2.55. The van der Waals surface area contributed by atoms with Crippen molar-refractivity contribution in [1.29, 1.82) is 0 Å². The molecule has 6 aliphatic rings. The molecule has 0 aromatic carbocycles. The summed E-state index contributed by atoms with van der Waals surface area (Å²) in [5.74, 6) is -0.534. The molecule has 0 amide bonds. The van der Waals surface area contributed by atoms with Gasteiger partial charge in [-0.15, -0.1) is 0 Å². The minimum Gasteiger partial charge on any atom is -0.481 e. The monoisotopic (exact) mass is 919 g/mol. The molecule has 0 aromatic heterocycles. The third-order valence-electron chi connectivity index (χ3n) is 15.3. The number of carbonyl (C=O) groups excluding carboxylic acids is 1. The fraction of sp³-hybridized carbons (Fsp3) is 0.889. The molecule has 12 atom stereocenters. The van der Waals surface area contributed by atoms with E-state index in [4.69, 9.17) is 38.3 Å². The van der Waals surface area contributed by atoms with Gasteiger partial charge in [0.15, 0.2) is 0 Å². The van der Waals surface area contributed by atoms with Crippen LogP contribution in [0.4, 0.5) is 0 Å². The quantitative estimate of drug-likeness (QED) is 0.0350. The number of epoxide rings is 4. The third-order valence-corrected chi connectivity index (χ3v) is 15.3. The Labute approximate surface area is 394 Å². The summed E-state index contributed by atoms with van der Waals surface area (Å²) in [4.78, 5) is 22.8. The summed E-state index contributed by atoms with van der Waals surface area (Å²) in [6.45, 7) is 18.8. The van der Waals surface area contributed by atoms with E-state index in [2.05, 4.69) is 67.5 Å². The molecular formula is C54H94O11. The molecule has 11 heteroatoms. The van der Waals surface area contributed by atoms with Crippen LogP contribution in [-0.2, 0) is 42.7 Å².